The third-order valence-electron chi connectivity index (χ3n) is 4.92. The molecule has 6 nitrogen and oxygen atoms in total. The summed E-state index contributed by atoms with van der Waals surface area (Å²) in [5.74, 6) is 0.131. The van der Waals surface area contributed by atoms with Crippen molar-refractivity contribution in [3.8, 4) is 0 Å². The zero-order valence-electron chi connectivity index (χ0n) is 13.8. The first-order valence-electron chi connectivity index (χ1n) is 8.23. The van der Waals surface area contributed by atoms with Gasteiger partial charge < -0.3 is 10.6 Å². The van der Waals surface area contributed by atoms with Crippen molar-refractivity contribution in [1.29, 1.82) is 0 Å². The average molecular weight is 331 g/mol. The van der Waals surface area contributed by atoms with E-state index < -0.39 is 10.0 Å². The SMILES string of the molecule is CC1(C)CN(C(=O)CCCS(=O)(=O)N2CCCC2)CCC1N. The Labute approximate surface area is 134 Å². The van der Waals surface area contributed by atoms with Crippen LogP contribution in [0.25, 0.3) is 0 Å². The molecule has 2 fully saturated rings. The Hall–Kier alpha value is -0.660. The molecule has 2 saturated heterocycles. The van der Waals surface area contributed by atoms with E-state index in [0.29, 0.717) is 39.0 Å². The van der Waals surface area contributed by atoms with Gasteiger partial charge in [0.15, 0.2) is 0 Å². The Balaban J connectivity index is 1.78. The predicted molar refractivity (Wildman–Crippen MR) is 86.8 cm³/mol. The lowest BCUT2D eigenvalue weighted by Crippen LogP contribution is -2.54. The Morgan fingerprint density at radius 1 is 1.23 bits per heavy atom. The van der Waals surface area contributed by atoms with Crippen molar-refractivity contribution in [2.75, 3.05) is 31.9 Å². The van der Waals surface area contributed by atoms with Gasteiger partial charge in [0, 0.05) is 38.6 Å². The van der Waals surface area contributed by atoms with E-state index in [9.17, 15) is 13.2 Å². The molecule has 0 aromatic heterocycles. The number of nitrogens with two attached hydrogens (primary N) is 1. The Morgan fingerprint density at radius 3 is 2.45 bits per heavy atom. The van der Waals surface area contributed by atoms with Crippen LogP contribution in [-0.4, -0.2) is 61.5 Å². The molecular formula is C15H29N3O3S. The minimum atomic E-state index is -3.18. The minimum absolute atomic E-state index is 0.0524. The molecule has 7 heteroatoms. The highest BCUT2D eigenvalue weighted by Gasteiger charge is 2.35. The maximum absolute atomic E-state index is 12.3. The Kier molecular flexibility index (Phi) is 5.50. The van der Waals surface area contributed by atoms with Crippen LogP contribution < -0.4 is 5.73 Å². The highest BCUT2D eigenvalue weighted by atomic mass is 32.2. The third-order valence-corrected chi connectivity index (χ3v) is 6.87. The van der Waals surface area contributed by atoms with Crippen LogP contribution in [0.2, 0.25) is 0 Å². The van der Waals surface area contributed by atoms with Crippen LogP contribution in [0, 0.1) is 5.41 Å². The second-order valence-electron chi connectivity index (χ2n) is 7.22. The van der Waals surface area contributed by atoms with Crippen LogP contribution in [0.3, 0.4) is 0 Å². The Bertz CT molecular complexity index is 498. The van der Waals surface area contributed by atoms with E-state index in [1.807, 2.05) is 4.90 Å². The molecule has 0 aromatic rings. The minimum Gasteiger partial charge on any atom is -0.342 e. The van der Waals surface area contributed by atoms with E-state index in [1.165, 1.54) is 0 Å². The Morgan fingerprint density at radius 2 is 1.86 bits per heavy atom. The summed E-state index contributed by atoms with van der Waals surface area (Å²) < 4.78 is 25.8. The van der Waals surface area contributed by atoms with Crippen LogP contribution in [0.4, 0.5) is 0 Å². The van der Waals surface area contributed by atoms with Crippen molar-refractivity contribution in [1.82, 2.24) is 9.21 Å². The maximum Gasteiger partial charge on any atom is 0.222 e. The van der Waals surface area contributed by atoms with Gasteiger partial charge in [-0.3, -0.25) is 4.79 Å². The molecule has 2 heterocycles. The van der Waals surface area contributed by atoms with Gasteiger partial charge in [-0.15, -0.1) is 0 Å². The molecule has 2 N–H and O–H groups in total. The molecule has 2 aliphatic rings. The van der Waals surface area contributed by atoms with Crippen molar-refractivity contribution in [2.45, 2.75) is 52.0 Å². The lowest BCUT2D eigenvalue weighted by Gasteiger charge is -2.42. The molecule has 2 aliphatic heterocycles. The smallest absolute Gasteiger partial charge is 0.222 e. The van der Waals surface area contributed by atoms with Crippen LogP contribution in [0.5, 0.6) is 0 Å². The molecule has 0 saturated carbocycles. The molecule has 1 amide bonds. The molecule has 0 spiro atoms. The molecular weight excluding hydrogens is 302 g/mol. The first-order chi connectivity index (χ1) is 10.2. The van der Waals surface area contributed by atoms with Crippen LogP contribution >= 0.6 is 0 Å². The molecule has 0 aromatic carbocycles. The summed E-state index contributed by atoms with van der Waals surface area (Å²) in [5.41, 5.74) is 6.01. The number of sulfonamides is 1. The monoisotopic (exact) mass is 331 g/mol. The van der Waals surface area contributed by atoms with Gasteiger partial charge in [-0.25, -0.2) is 12.7 Å². The predicted octanol–water partition coefficient (Wildman–Crippen LogP) is 0.778. The maximum atomic E-state index is 12.3. The standard InChI is InChI=1S/C15H29N3O3S/c1-15(2)12-17(10-7-13(15)16)14(19)6-5-11-22(20,21)18-8-3-4-9-18/h13H,3-12,16H2,1-2H3. The summed E-state index contributed by atoms with van der Waals surface area (Å²) in [5, 5.41) is 0. The van der Waals surface area contributed by atoms with E-state index >= 15 is 0 Å². The topological polar surface area (TPSA) is 83.7 Å². The van der Waals surface area contributed by atoms with Crippen molar-refractivity contribution in [3.63, 3.8) is 0 Å². The van der Waals surface area contributed by atoms with Crippen molar-refractivity contribution < 1.29 is 13.2 Å². The average Bonchev–Trinajstić information content (AvgIpc) is 2.96. The first-order valence-corrected chi connectivity index (χ1v) is 9.84. The van der Waals surface area contributed by atoms with Crippen molar-refractivity contribution >= 4 is 15.9 Å². The van der Waals surface area contributed by atoms with E-state index in [0.717, 1.165) is 19.3 Å². The highest BCUT2D eigenvalue weighted by molar-refractivity contribution is 7.89. The molecule has 128 valence electrons. The van der Waals surface area contributed by atoms with Crippen LogP contribution in [0.1, 0.15) is 46.0 Å². The summed E-state index contributed by atoms with van der Waals surface area (Å²) >= 11 is 0. The molecule has 1 atom stereocenters. The summed E-state index contributed by atoms with van der Waals surface area (Å²) in [4.78, 5) is 14.1. The van der Waals surface area contributed by atoms with Crippen molar-refractivity contribution in [2.24, 2.45) is 11.1 Å². The fourth-order valence-corrected chi connectivity index (χ4v) is 4.83. The highest BCUT2D eigenvalue weighted by Crippen LogP contribution is 2.28. The number of hydrogen-bond acceptors (Lipinski definition) is 4. The van der Waals surface area contributed by atoms with E-state index in [1.54, 1.807) is 4.31 Å². The third kappa shape index (κ3) is 4.20. The zero-order chi connectivity index (χ0) is 16.4. The van der Waals surface area contributed by atoms with Crippen molar-refractivity contribution in [3.05, 3.63) is 0 Å². The molecule has 22 heavy (non-hydrogen) atoms. The van der Waals surface area contributed by atoms with Crippen LogP contribution in [-0.2, 0) is 14.8 Å². The zero-order valence-corrected chi connectivity index (χ0v) is 14.6. The number of nitrogens with zero attached hydrogens (tertiary/aromatic N) is 2. The second-order valence-corrected chi connectivity index (χ2v) is 9.31. The lowest BCUT2D eigenvalue weighted by atomic mass is 9.79. The van der Waals surface area contributed by atoms with E-state index in [4.69, 9.17) is 5.73 Å². The normalized spacial score (nSPS) is 26.3. The largest absolute Gasteiger partial charge is 0.342 e. The van der Waals surface area contributed by atoms with E-state index in [-0.39, 0.29) is 23.1 Å². The van der Waals surface area contributed by atoms with Gasteiger partial charge in [0.2, 0.25) is 15.9 Å². The van der Waals surface area contributed by atoms with Gasteiger partial charge in [0.25, 0.3) is 0 Å². The van der Waals surface area contributed by atoms with E-state index in [2.05, 4.69) is 13.8 Å². The molecule has 1 unspecified atom stereocenters. The van der Waals surface area contributed by atoms with Gasteiger partial charge in [0.05, 0.1) is 5.75 Å². The number of piperidine rings is 1. The van der Waals surface area contributed by atoms with Crippen LogP contribution in [0.15, 0.2) is 0 Å². The fraction of sp³-hybridized carbons (Fsp3) is 0.933. The van der Waals surface area contributed by atoms with Gasteiger partial charge in [-0.2, -0.15) is 0 Å². The second kappa shape index (κ2) is 6.84. The van der Waals surface area contributed by atoms with Gasteiger partial charge in [-0.05, 0) is 31.1 Å². The number of carbonyl (C=O) groups excluding carboxylic acids is 1. The van der Waals surface area contributed by atoms with Gasteiger partial charge in [-0.1, -0.05) is 13.8 Å². The fourth-order valence-electron chi connectivity index (χ4n) is 3.25. The molecule has 0 bridgehead atoms. The molecule has 2 rings (SSSR count). The summed E-state index contributed by atoms with van der Waals surface area (Å²) in [6, 6.07) is 0.118. The molecule has 0 radical (unpaired) electrons. The van der Waals surface area contributed by atoms with Gasteiger partial charge in [0.1, 0.15) is 0 Å². The van der Waals surface area contributed by atoms with Gasteiger partial charge >= 0.3 is 0 Å². The summed E-state index contributed by atoms with van der Waals surface area (Å²) in [7, 11) is -3.18. The number of likely N-dealkylation sites (tertiary alicyclic amines) is 1. The summed E-state index contributed by atoms with van der Waals surface area (Å²) in [6.45, 7) is 6.76. The summed E-state index contributed by atoms with van der Waals surface area (Å²) in [6.07, 6.45) is 3.41. The molecule has 0 aliphatic carbocycles. The number of rotatable bonds is 5. The number of amides is 1. The first kappa shape index (κ1) is 17.7. The quantitative estimate of drug-likeness (QED) is 0.807. The number of hydrogen-bond donors (Lipinski definition) is 1. The number of carbonyl (C=O) groups is 1. The lowest BCUT2D eigenvalue weighted by molar-refractivity contribution is -0.134.